The molecule has 0 spiro atoms. The summed E-state index contributed by atoms with van der Waals surface area (Å²) in [5.41, 5.74) is 4.00. The summed E-state index contributed by atoms with van der Waals surface area (Å²) in [5.74, 6) is 0. The van der Waals surface area contributed by atoms with Crippen molar-refractivity contribution in [3.8, 4) is 21.8 Å². The Morgan fingerprint density at radius 3 is 2.37 bits per heavy atom. The number of hydrogen-bond acceptors (Lipinski definition) is 3. The summed E-state index contributed by atoms with van der Waals surface area (Å²) in [7, 11) is 0. The lowest BCUT2D eigenvalue weighted by Gasteiger charge is -2.01. The van der Waals surface area contributed by atoms with E-state index in [9.17, 15) is 0 Å². The van der Waals surface area contributed by atoms with Crippen molar-refractivity contribution in [3.63, 3.8) is 0 Å². The molecule has 3 rings (SSSR count). The molecule has 0 N–H and O–H groups in total. The molecule has 3 aromatic rings. The first kappa shape index (κ1) is 12.1. The van der Waals surface area contributed by atoms with Gasteiger partial charge in [-0.2, -0.15) is 0 Å². The number of hydrogen-bond donors (Lipinski definition) is 0. The van der Waals surface area contributed by atoms with E-state index >= 15 is 0 Å². The van der Waals surface area contributed by atoms with Crippen molar-refractivity contribution in [3.05, 3.63) is 66.2 Å². The van der Waals surface area contributed by atoms with Crippen LogP contribution in [0.3, 0.4) is 0 Å². The Bertz CT molecular complexity index is 665. The van der Waals surface area contributed by atoms with Gasteiger partial charge in [0.2, 0.25) is 0 Å². The molecule has 0 atom stereocenters. The van der Waals surface area contributed by atoms with E-state index in [1.54, 1.807) is 11.3 Å². The van der Waals surface area contributed by atoms with E-state index in [1.165, 1.54) is 0 Å². The maximum Gasteiger partial charge on any atom is 0.125 e. The Hall–Kier alpha value is -2.00. The highest BCUT2D eigenvalue weighted by atomic mass is 32.1. The van der Waals surface area contributed by atoms with Crippen molar-refractivity contribution < 1.29 is 0 Å². The molecule has 2 heterocycles. The van der Waals surface area contributed by atoms with Crippen LogP contribution in [-0.4, -0.2) is 9.97 Å². The van der Waals surface area contributed by atoms with Crippen LogP contribution in [0.25, 0.3) is 21.8 Å². The molecule has 0 unspecified atom stereocenters. The highest BCUT2D eigenvalue weighted by molar-refractivity contribution is 7.15. The summed E-state index contributed by atoms with van der Waals surface area (Å²) in [6.07, 6.45) is 1.88. The number of nitrogens with zero attached hydrogens (tertiary/aromatic N) is 2. The standard InChI is InChI=1S/C16H13N2S/c1-11-12(2)19-16(18-11)14-8-9-15(17-10-14)13-6-4-3-5-7-13/h3-10H,1H2,2H3. The highest BCUT2D eigenvalue weighted by Gasteiger charge is 2.07. The van der Waals surface area contributed by atoms with E-state index < -0.39 is 0 Å². The zero-order valence-corrected chi connectivity index (χ0v) is 11.4. The number of rotatable bonds is 2. The van der Waals surface area contributed by atoms with E-state index in [4.69, 9.17) is 0 Å². The number of pyridine rings is 1. The van der Waals surface area contributed by atoms with Gasteiger partial charge in [-0.05, 0) is 26.0 Å². The van der Waals surface area contributed by atoms with Gasteiger partial charge in [0.1, 0.15) is 5.01 Å². The van der Waals surface area contributed by atoms with Crippen LogP contribution in [0.15, 0.2) is 48.7 Å². The molecule has 2 aromatic heterocycles. The van der Waals surface area contributed by atoms with Gasteiger partial charge in [0.05, 0.1) is 11.4 Å². The minimum absolute atomic E-state index is 0.854. The zero-order chi connectivity index (χ0) is 13.2. The van der Waals surface area contributed by atoms with Crippen LogP contribution >= 0.6 is 11.3 Å². The minimum atomic E-state index is 0.854. The summed E-state index contributed by atoms with van der Waals surface area (Å²) < 4.78 is 0. The monoisotopic (exact) mass is 265 g/mol. The third-order valence-corrected chi connectivity index (χ3v) is 4.03. The Morgan fingerprint density at radius 2 is 1.79 bits per heavy atom. The number of benzene rings is 1. The second kappa shape index (κ2) is 4.94. The van der Waals surface area contributed by atoms with Gasteiger partial charge in [0, 0.05) is 22.2 Å². The number of aryl methyl sites for hydroxylation is 1. The second-order valence-corrected chi connectivity index (χ2v) is 5.52. The molecule has 0 aliphatic heterocycles. The third-order valence-electron chi connectivity index (χ3n) is 2.97. The van der Waals surface area contributed by atoms with Gasteiger partial charge in [-0.3, -0.25) is 4.98 Å². The molecular weight excluding hydrogens is 252 g/mol. The lowest BCUT2D eigenvalue weighted by molar-refractivity contribution is 1.28. The van der Waals surface area contributed by atoms with E-state index in [1.807, 2.05) is 37.4 Å². The average molecular weight is 265 g/mol. The molecule has 0 amide bonds. The molecule has 0 aliphatic carbocycles. The summed E-state index contributed by atoms with van der Waals surface area (Å²) in [6, 6.07) is 14.3. The van der Waals surface area contributed by atoms with Crippen LogP contribution in [0.5, 0.6) is 0 Å². The Kier molecular flexibility index (Phi) is 3.13. The maximum atomic E-state index is 4.51. The lowest BCUT2D eigenvalue weighted by atomic mass is 10.1. The molecule has 19 heavy (non-hydrogen) atoms. The van der Waals surface area contributed by atoms with Crippen molar-refractivity contribution in [2.75, 3.05) is 0 Å². The predicted molar refractivity (Wildman–Crippen MR) is 80.0 cm³/mol. The van der Waals surface area contributed by atoms with Gasteiger partial charge in [0.25, 0.3) is 0 Å². The first-order chi connectivity index (χ1) is 9.24. The van der Waals surface area contributed by atoms with Gasteiger partial charge < -0.3 is 0 Å². The van der Waals surface area contributed by atoms with Crippen LogP contribution in [0, 0.1) is 13.8 Å². The molecule has 0 bridgehead atoms. The highest BCUT2D eigenvalue weighted by Crippen LogP contribution is 2.27. The largest absolute Gasteiger partial charge is 0.256 e. The topological polar surface area (TPSA) is 25.8 Å². The SMILES string of the molecule is [CH2]c1nc(-c2ccc(-c3ccccc3)nc2)sc1C. The van der Waals surface area contributed by atoms with Crippen LogP contribution in [0.4, 0.5) is 0 Å². The fraction of sp³-hybridized carbons (Fsp3) is 0.0625. The van der Waals surface area contributed by atoms with Crippen molar-refractivity contribution in [2.24, 2.45) is 0 Å². The number of aromatic nitrogens is 2. The van der Waals surface area contributed by atoms with Gasteiger partial charge in [0.15, 0.2) is 0 Å². The van der Waals surface area contributed by atoms with E-state index in [0.717, 1.165) is 32.4 Å². The van der Waals surface area contributed by atoms with Crippen molar-refractivity contribution in [1.29, 1.82) is 0 Å². The minimum Gasteiger partial charge on any atom is -0.256 e. The fourth-order valence-corrected chi connectivity index (χ4v) is 2.70. The molecule has 0 aliphatic rings. The summed E-state index contributed by atoms with van der Waals surface area (Å²) in [5, 5.41) is 0.981. The normalized spacial score (nSPS) is 10.6. The van der Waals surface area contributed by atoms with Crippen molar-refractivity contribution >= 4 is 11.3 Å². The van der Waals surface area contributed by atoms with Gasteiger partial charge in [-0.25, -0.2) is 4.98 Å². The first-order valence-electron chi connectivity index (χ1n) is 6.05. The molecule has 2 nitrogen and oxygen atoms in total. The Balaban J connectivity index is 1.95. The number of thiazole rings is 1. The molecule has 1 radical (unpaired) electrons. The van der Waals surface area contributed by atoms with Crippen molar-refractivity contribution in [1.82, 2.24) is 9.97 Å². The van der Waals surface area contributed by atoms with E-state index in [-0.39, 0.29) is 0 Å². The molecule has 0 saturated carbocycles. The maximum absolute atomic E-state index is 4.51. The molecule has 0 fully saturated rings. The molecule has 0 saturated heterocycles. The first-order valence-corrected chi connectivity index (χ1v) is 6.87. The molecular formula is C16H13N2S. The van der Waals surface area contributed by atoms with Crippen LogP contribution in [0.1, 0.15) is 10.6 Å². The van der Waals surface area contributed by atoms with Crippen LogP contribution < -0.4 is 0 Å². The van der Waals surface area contributed by atoms with Crippen molar-refractivity contribution in [2.45, 2.75) is 6.92 Å². The summed E-state index contributed by atoms with van der Waals surface area (Å²) in [4.78, 5) is 10.1. The van der Waals surface area contributed by atoms with E-state index in [2.05, 4.69) is 35.1 Å². The molecule has 3 heteroatoms. The van der Waals surface area contributed by atoms with Crippen LogP contribution in [-0.2, 0) is 0 Å². The zero-order valence-electron chi connectivity index (χ0n) is 10.6. The van der Waals surface area contributed by atoms with E-state index in [0.29, 0.717) is 0 Å². The smallest absolute Gasteiger partial charge is 0.125 e. The average Bonchev–Trinajstić information content (AvgIpc) is 2.80. The van der Waals surface area contributed by atoms with Gasteiger partial charge in [-0.15, -0.1) is 11.3 Å². The van der Waals surface area contributed by atoms with Crippen LogP contribution in [0.2, 0.25) is 0 Å². The Morgan fingerprint density at radius 1 is 1.00 bits per heavy atom. The third kappa shape index (κ3) is 2.42. The summed E-state index contributed by atoms with van der Waals surface area (Å²) in [6.45, 7) is 5.95. The predicted octanol–water partition coefficient (Wildman–Crippen LogP) is 4.36. The lowest BCUT2D eigenvalue weighted by Crippen LogP contribution is -1.84. The molecule has 1 aromatic carbocycles. The Labute approximate surface area is 116 Å². The van der Waals surface area contributed by atoms with Gasteiger partial charge in [-0.1, -0.05) is 30.3 Å². The second-order valence-electron chi connectivity index (χ2n) is 4.32. The summed E-state index contributed by atoms with van der Waals surface area (Å²) >= 11 is 1.66. The fourth-order valence-electron chi connectivity index (χ4n) is 1.85. The molecule has 93 valence electrons. The van der Waals surface area contributed by atoms with Gasteiger partial charge >= 0.3 is 0 Å². The quantitative estimate of drug-likeness (QED) is 0.688.